The number of hydrogen-bond acceptors (Lipinski definition) is 6. The maximum absolute atomic E-state index is 14.7. The van der Waals surface area contributed by atoms with Crippen molar-refractivity contribution in [3.05, 3.63) is 82.6 Å². The molecule has 1 saturated heterocycles. The number of nitrogens with zero attached hydrogens (tertiary/aromatic N) is 2. The maximum atomic E-state index is 14.7. The van der Waals surface area contributed by atoms with Crippen LogP contribution in [0.15, 0.2) is 65.7 Å². The number of halogens is 1. The molecule has 0 radical (unpaired) electrons. The minimum absolute atomic E-state index is 0.0240. The first-order valence-electron chi connectivity index (χ1n) is 9.60. The van der Waals surface area contributed by atoms with Gasteiger partial charge in [0.25, 0.3) is 5.78 Å². The van der Waals surface area contributed by atoms with Crippen LogP contribution in [0.5, 0.6) is 5.75 Å². The third-order valence-electron chi connectivity index (χ3n) is 4.77. The number of aromatic nitrogens is 1. The van der Waals surface area contributed by atoms with Gasteiger partial charge in [0, 0.05) is 22.7 Å². The normalized spacial score (nSPS) is 18.1. The number of rotatable bonds is 5. The van der Waals surface area contributed by atoms with Crippen molar-refractivity contribution in [1.82, 2.24) is 4.98 Å². The van der Waals surface area contributed by atoms with Gasteiger partial charge in [-0.15, -0.1) is 11.3 Å². The van der Waals surface area contributed by atoms with E-state index >= 15 is 0 Å². The van der Waals surface area contributed by atoms with Gasteiger partial charge in [0.1, 0.15) is 23.4 Å². The Balaban J connectivity index is 1.87. The molecule has 3 aromatic rings. The van der Waals surface area contributed by atoms with Crippen LogP contribution in [0.1, 0.15) is 31.0 Å². The summed E-state index contributed by atoms with van der Waals surface area (Å²) in [6.45, 7) is 3.78. The van der Waals surface area contributed by atoms with Crippen molar-refractivity contribution in [2.75, 3.05) is 4.90 Å². The summed E-state index contributed by atoms with van der Waals surface area (Å²) < 4.78 is 20.3. The fourth-order valence-electron chi connectivity index (χ4n) is 3.47. The number of ketones is 1. The first kappa shape index (κ1) is 20.7. The van der Waals surface area contributed by atoms with E-state index in [4.69, 9.17) is 4.74 Å². The molecule has 2 aromatic carbocycles. The molecule has 158 valence electrons. The minimum atomic E-state index is -1.14. The number of amides is 1. The molecule has 4 rings (SSSR count). The summed E-state index contributed by atoms with van der Waals surface area (Å²) in [5.41, 5.74) is 0.218. The summed E-state index contributed by atoms with van der Waals surface area (Å²) in [6.07, 6.45) is 1.47. The van der Waals surface area contributed by atoms with Crippen LogP contribution in [0.2, 0.25) is 0 Å². The molecule has 1 aromatic heterocycles. The van der Waals surface area contributed by atoms with Crippen LogP contribution in [0.3, 0.4) is 0 Å². The van der Waals surface area contributed by atoms with E-state index in [1.54, 1.807) is 35.7 Å². The van der Waals surface area contributed by atoms with E-state index < -0.39 is 23.5 Å². The van der Waals surface area contributed by atoms with Crippen molar-refractivity contribution in [3.8, 4) is 5.75 Å². The Hall–Kier alpha value is -3.52. The summed E-state index contributed by atoms with van der Waals surface area (Å²) in [5, 5.41) is 12.9. The number of Topliss-reactive ketones (excluding diaryl/α,β-unsaturated/α-hetero) is 1. The van der Waals surface area contributed by atoms with Crippen LogP contribution < -0.4 is 9.64 Å². The molecule has 31 heavy (non-hydrogen) atoms. The second-order valence-corrected chi connectivity index (χ2v) is 8.07. The second-order valence-electron chi connectivity index (χ2n) is 7.20. The Labute approximate surface area is 182 Å². The highest BCUT2D eigenvalue weighted by Crippen LogP contribution is 2.43. The van der Waals surface area contributed by atoms with Crippen molar-refractivity contribution in [1.29, 1.82) is 0 Å². The molecule has 1 aliphatic heterocycles. The summed E-state index contributed by atoms with van der Waals surface area (Å²) in [5.74, 6) is -2.15. The van der Waals surface area contributed by atoms with Crippen LogP contribution in [-0.4, -0.2) is 27.9 Å². The third-order valence-corrected chi connectivity index (χ3v) is 5.54. The number of aliphatic hydroxyl groups is 1. The summed E-state index contributed by atoms with van der Waals surface area (Å²) in [7, 11) is 0. The molecule has 0 saturated carbocycles. The SMILES string of the molecule is CC(C)Oc1ccc(/C(O)=C2\C(=O)C(=O)N(c3nccs3)[C@@H]2c2ccccc2F)cc1. The smallest absolute Gasteiger partial charge is 0.301 e. The van der Waals surface area contributed by atoms with Gasteiger partial charge in [-0.2, -0.15) is 0 Å². The van der Waals surface area contributed by atoms with Crippen LogP contribution in [0.25, 0.3) is 5.76 Å². The lowest BCUT2D eigenvalue weighted by Gasteiger charge is -2.23. The molecule has 1 fully saturated rings. The molecule has 0 bridgehead atoms. The lowest BCUT2D eigenvalue weighted by Crippen LogP contribution is -2.29. The predicted octanol–water partition coefficient (Wildman–Crippen LogP) is 4.70. The number of anilines is 1. The van der Waals surface area contributed by atoms with Crippen molar-refractivity contribution >= 4 is 33.9 Å². The van der Waals surface area contributed by atoms with E-state index in [1.165, 1.54) is 24.4 Å². The lowest BCUT2D eigenvalue weighted by molar-refractivity contribution is -0.132. The first-order chi connectivity index (χ1) is 14.9. The Morgan fingerprint density at radius 2 is 1.87 bits per heavy atom. The van der Waals surface area contributed by atoms with Gasteiger partial charge in [-0.1, -0.05) is 18.2 Å². The highest BCUT2D eigenvalue weighted by Gasteiger charge is 2.48. The molecular formula is C23H19FN2O4S. The second kappa shape index (κ2) is 8.31. The van der Waals surface area contributed by atoms with Crippen LogP contribution in [-0.2, 0) is 9.59 Å². The molecule has 1 N–H and O–H groups in total. The molecule has 1 aliphatic rings. The fourth-order valence-corrected chi connectivity index (χ4v) is 4.14. The van der Waals surface area contributed by atoms with Crippen LogP contribution in [0.4, 0.5) is 9.52 Å². The number of benzene rings is 2. The largest absolute Gasteiger partial charge is 0.507 e. The molecular weight excluding hydrogens is 419 g/mol. The van der Waals surface area contributed by atoms with Crippen molar-refractivity contribution in [3.63, 3.8) is 0 Å². The Bertz CT molecular complexity index is 1160. The lowest BCUT2D eigenvalue weighted by atomic mass is 9.95. The van der Waals surface area contributed by atoms with Gasteiger partial charge >= 0.3 is 5.91 Å². The first-order valence-corrected chi connectivity index (χ1v) is 10.5. The highest BCUT2D eigenvalue weighted by atomic mass is 32.1. The van der Waals surface area contributed by atoms with Gasteiger partial charge in [0.15, 0.2) is 5.13 Å². The zero-order chi connectivity index (χ0) is 22.1. The molecule has 0 unspecified atom stereocenters. The van der Waals surface area contributed by atoms with Gasteiger partial charge in [0.05, 0.1) is 11.7 Å². The Morgan fingerprint density at radius 1 is 1.16 bits per heavy atom. The van der Waals surface area contributed by atoms with Crippen LogP contribution in [0, 0.1) is 5.82 Å². The van der Waals surface area contributed by atoms with E-state index in [1.807, 2.05) is 13.8 Å². The van der Waals surface area contributed by atoms with E-state index in [2.05, 4.69) is 4.98 Å². The molecule has 0 spiro atoms. The van der Waals surface area contributed by atoms with Crippen molar-refractivity contribution in [2.24, 2.45) is 0 Å². The number of hydrogen-bond donors (Lipinski definition) is 1. The number of thiazole rings is 1. The molecule has 0 aliphatic carbocycles. The van der Waals surface area contributed by atoms with Gasteiger partial charge in [0.2, 0.25) is 0 Å². The summed E-state index contributed by atoms with van der Waals surface area (Å²) in [6, 6.07) is 11.2. The minimum Gasteiger partial charge on any atom is -0.507 e. The predicted molar refractivity (Wildman–Crippen MR) is 116 cm³/mol. The van der Waals surface area contributed by atoms with Gasteiger partial charge in [-0.05, 0) is 44.2 Å². The van der Waals surface area contributed by atoms with Gasteiger partial charge in [-0.3, -0.25) is 14.5 Å². The average Bonchev–Trinajstić information content (AvgIpc) is 3.35. The van der Waals surface area contributed by atoms with Gasteiger partial charge < -0.3 is 9.84 Å². The molecule has 1 amide bonds. The highest BCUT2D eigenvalue weighted by molar-refractivity contribution is 7.14. The molecule has 6 nitrogen and oxygen atoms in total. The topological polar surface area (TPSA) is 79.7 Å². The maximum Gasteiger partial charge on any atom is 0.301 e. The van der Waals surface area contributed by atoms with Crippen molar-refractivity contribution < 1.29 is 23.8 Å². The van der Waals surface area contributed by atoms with E-state index in [0.717, 1.165) is 16.2 Å². The molecule has 2 heterocycles. The number of ether oxygens (including phenoxy) is 1. The number of aliphatic hydroxyl groups excluding tert-OH is 1. The van der Waals surface area contributed by atoms with Gasteiger partial charge in [-0.25, -0.2) is 9.37 Å². The standard InChI is InChI=1S/C23H19FN2O4S/c1-13(2)30-15-9-7-14(8-10-15)20(27)18-19(16-5-3-4-6-17(16)24)26(22(29)21(18)28)23-25-11-12-31-23/h3-13,19,27H,1-2H3/b20-18+/t19-/m1/s1. The third kappa shape index (κ3) is 3.82. The van der Waals surface area contributed by atoms with Crippen LogP contribution >= 0.6 is 11.3 Å². The molecule has 1 atom stereocenters. The average molecular weight is 438 g/mol. The zero-order valence-corrected chi connectivity index (χ0v) is 17.6. The molecule has 8 heteroatoms. The van der Waals surface area contributed by atoms with E-state index in [-0.39, 0.29) is 28.1 Å². The quantitative estimate of drug-likeness (QED) is 0.355. The monoisotopic (exact) mass is 438 g/mol. The summed E-state index contributed by atoms with van der Waals surface area (Å²) >= 11 is 1.15. The zero-order valence-electron chi connectivity index (χ0n) is 16.8. The van der Waals surface area contributed by atoms with Crippen molar-refractivity contribution in [2.45, 2.75) is 26.0 Å². The van der Waals surface area contributed by atoms with E-state index in [0.29, 0.717) is 11.3 Å². The van der Waals surface area contributed by atoms with E-state index in [9.17, 15) is 19.1 Å². The number of carbonyl (C=O) groups is 2. The summed E-state index contributed by atoms with van der Waals surface area (Å²) in [4.78, 5) is 31.1. The Kier molecular flexibility index (Phi) is 5.56. The number of carbonyl (C=O) groups excluding carboxylic acids is 2. The fraction of sp³-hybridized carbons (Fsp3) is 0.174. The Morgan fingerprint density at radius 3 is 2.48 bits per heavy atom.